The number of hydrogen-bond donors (Lipinski definition) is 1. The summed E-state index contributed by atoms with van der Waals surface area (Å²) in [7, 11) is 0. The minimum Gasteiger partial charge on any atom is -0.318 e. The van der Waals surface area contributed by atoms with Gasteiger partial charge < -0.3 is 5.11 Å². The molecule has 0 aromatic heterocycles. The molecule has 1 N–H and O–H groups in total. The van der Waals surface area contributed by atoms with E-state index in [9.17, 15) is 20.0 Å². The first-order chi connectivity index (χ1) is 7.98. The molecule has 0 saturated heterocycles. The first-order valence-corrected chi connectivity index (χ1v) is 4.80. The number of benzene rings is 1. The molecule has 0 bridgehead atoms. The molecule has 1 aromatic carbocycles. The summed E-state index contributed by atoms with van der Waals surface area (Å²) >= 11 is 0. The first-order valence-electron chi connectivity index (χ1n) is 4.80. The highest BCUT2D eigenvalue weighted by Gasteiger charge is 2.60. The van der Waals surface area contributed by atoms with Crippen molar-refractivity contribution in [3.63, 3.8) is 0 Å². The van der Waals surface area contributed by atoms with Crippen molar-refractivity contribution in [2.45, 2.75) is 12.6 Å². The molecule has 2 rings (SSSR count). The summed E-state index contributed by atoms with van der Waals surface area (Å²) in [6.45, 7) is 1.24. The average Bonchev–Trinajstić information content (AvgIpc) is 2.56. The monoisotopic (exact) mass is 235 g/mol. The molecule has 17 heavy (non-hydrogen) atoms. The van der Waals surface area contributed by atoms with E-state index in [1.54, 1.807) is 30.3 Å². The number of hydrogen-bond acceptors (Lipinski definition) is 5. The fourth-order valence-corrected chi connectivity index (χ4v) is 1.52. The fraction of sp³-hybridized carbons (Fsp3) is 0.200. The van der Waals surface area contributed by atoms with Crippen molar-refractivity contribution in [3.05, 3.63) is 40.4 Å². The smallest absolute Gasteiger partial charge is 0.318 e. The van der Waals surface area contributed by atoms with Crippen molar-refractivity contribution in [1.29, 1.82) is 0 Å². The van der Waals surface area contributed by atoms with E-state index in [-0.39, 0.29) is 5.71 Å². The van der Waals surface area contributed by atoms with Crippen molar-refractivity contribution in [2.24, 2.45) is 5.10 Å². The molecular weight excluding hydrogens is 226 g/mol. The molecule has 0 spiro atoms. The van der Waals surface area contributed by atoms with Crippen molar-refractivity contribution in [3.8, 4) is 0 Å². The minimum absolute atomic E-state index is 0.253. The molecule has 0 radical (unpaired) electrons. The van der Waals surface area contributed by atoms with E-state index in [1.165, 1.54) is 6.92 Å². The van der Waals surface area contributed by atoms with Crippen LogP contribution in [0.1, 0.15) is 6.92 Å². The van der Waals surface area contributed by atoms with Gasteiger partial charge in [0.15, 0.2) is 5.71 Å². The van der Waals surface area contributed by atoms with Gasteiger partial charge in [-0.25, -0.2) is 0 Å². The number of aliphatic hydroxyl groups is 1. The SMILES string of the molecule is CC1=NN(c2ccccc2)C(=O)C1(O)[N+](=O)[O-]. The summed E-state index contributed by atoms with van der Waals surface area (Å²) in [5, 5.41) is 25.0. The summed E-state index contributed by atoms with van der Waals surface area (Å²) < 4.78 is 0. The predicted octanol–water partition coefficient (Wildman–Crippen LogP) is 0.374. The topological polar surface area (TPSA) is 96.0 Å². The summed E-state index contributed by atoms with van der Waals surface area (Å²) in [6.07, 6.45) is 0. The van der Waals surface area contributed by atoms with Gasteiger partial charge in [-0.1, -0.05) is 18.2 Å². The Morgan fingerprint density at radius 1 is 1.41 bits per heavy atom. The molecule has 1 heterocycles. The molecule has 0 saturated carbocycles. The summed E-state index contributed by atoms with van der Waals surface area (Å²) in [4.78, 5) is 21.5. The Kier molecular flexibility index (Phi) is 2.40. The zero-order valence-electron chi connectivity index (χ0n) is 8.90. The van der Waals surface area contributed by atoms with E-state index in [0.717, 1.165) is 5.01 Å². The highest BCUT2D eigenvalue weighted by molar-refractivity contribution is 6.19. The number of amides is 1. The van der Waals surface area contributed by atoms with Crippen LogP contribution in [0.5, 0.6) is 0 Å². The van der Waals surface area contributed by atoms with Crippen LogP contribution >= 0.6 is 0 Å². The molecule has 1 amide bonds. The third-order valence-corrected chi connectivity index (χ3v) is 2.51. The Balaban J connectivity index is 2.44. The number of carbonyl (C=O) groups is 1. The van der Waals surface area contributed by atoms with Gasteiger partial charge in [0.1, 0.15) is 0 Å². The third kappa shape index (κ3) is 1.48. The maximum absolute atomic E-state index is 11.8. The van der Waals surface area contributed by atoms with E-state index >= 15 is 0 Å². The summed E-state index contributed by atoms with van der Waals surface area (Å²) in [5.74, 6) is -1.08. The van der Waals surface area contributed by atoms with Gasteiger partial charge in [0.25, 0.3) is 0 Å². The molecule has 7 heteroatoms. The molecule has 1 atom stereocenters. The molecule has 7 nitrogen and oxygen atoms in total. The zero-order chi connectivity index (χ0) is 12.6. The maximum Gasteiger partial charge on any atom is 0.444 e. The molecule has 1 aromatic rings. The number of anilines is 1. The van der Waals surface area contributed by atoms with E-state index in [4.69, 9.17) is 0 Å². The van der Waals surface area contributed by atoms with Gasteiger partial charge in [-0.05, 0) is 19.1 Å². The van der Waals surface area contributed by atoms with Gasteiger partial charge in [-0.15, -0.1) is 0 Å². The Bertz CT molecular complexity index is 514. The van der Waals surface area contributed by atoms with Crippen molar-refractivity contribution < 1.29 is 14.8 Å². The van der Waals surface area contributed by atoms with Crippen LogP contribution < -0.4 is 5.01 Å². The number of rotatable bonds is 2. The van der Waals surface area contributed by atoms with Crippen molar-refractivity contribution >= 4 is 17.3 Å². The fourth-order valence-electron chi connectivity index (χ4n) is 1.52. The number of para-hydroxylation sites is 1. The quantitative estimate of drug-likeness (QED) is 0.455. The van der Waals surface area contributed by atoms with Gasteiger partial charge in [-0.2, -0.15) is 10.1 Å². The average molecular weight is 235 g/mol. The van der Waals surface area contributed by atoms with Crippen LogP contribution in [0.4, 0.5) is 5.69 Å². The molecule has 0 aliphatic carbocycles. The third-order valence-electron chi connectivity index (χ3n) is 2.51. The largest absolute Gasteiger partial charge is 0.444 e. The highest BCUT2D eigenvalue weighted by Crippen LogP contribution is 2.26. The summed E-state index contributed by atoms with van der Waals surface area (Å²) in [6, 6.07) is 8.20. The normalized spacial score (nSPS) is 23.8. The Labute approximate surface area is 96.1 Å². The maximum atomic E-state index is 11.8. The Hall–Kier alpha value is -2.28. The van der Waals surface area contributed by atoms with Gasteiger partial charge in [0.05, 0.1) is 10.6 Å². The molecule has 0 fully saturated rings. The summed E-state index contributed by atoms with van der Waals surface area (Å²) in [5.41, 5.74) is -2.64. The molecule has 1 unspecified atom stereocenters. The first kappa shape index (κ1) is 11.2. The second kappa shape index (κ2) is 3.63. The number of nitro groups is 1. The minimum atomic E-state index is -2.75. The lowest BCUT2D eigenvalue weighted by atomic mass is 10.1. The van der Waals surface area contributed by atoms with E-state index < -0.39 is 16.6 Å². The molecule has 88 valence electrons. The van der Waals surface area contributed by atoms with E-state index in [2.05, 4.69) is 5.10 Å². The second-order valence-electron chi connectivity index (χ2n) is 3.57. The van der Waals surface area contributed by atoms with E-state index in [0.29, 0.717) is 5.69 Å². The van der Waals surface area contributed by atoms with Crippen LogP contribution in [0.15, 0.2) is 35.4 Å². The van der Waals surface area contributed by atoms with Crippen LogP contribution in [0.3, 0.4) is 0 Å². The molecular formula is C10H9N3O4. The lowest BCUT2D eigenvalue weighted by Crippen LogP contribution is -2.52. The number of hydrazone groups is 1. The van der Waals surface area contributed by atoms with Gasteiger partial charge in [0, 0.05) is 0 Å². The number of carbonyl (C=O) groups excluding carboxylic acids is 1. The van der Waals surface area contributed by atoms with Crippen LogP contribution in [0.2, 0.25) is 0 Å². The Morgan fingerprint density at radius 3 is 2.47 bits per heavy atom. The standard InChI is InChI=1S/C10H9N3O4/c1-7-10(15,13(16)17)9(14)12(11-7)8-5-3-2-4-6-8/h2-6,15H,1H3. The lowest BCUT2D eigenvalue weighted by Gasteiger charge is -2.14. The van der Waals surface area contributed by atoms with Crippen molar-refractivity contribution in [2.75, 3.05) is 5.01 Å². The second-order valence-corrected chi connectivity index (χ2v) is 3.57. The molecule has 1 aliphatic heterocycles. The van der Waals surface area contributed by atoms with Gasteiger partial charge in [-0.3, -0.25) is 14.9 Å². The number of nitrogens with zero attached hydrogens (tertiary/aromatic N) is 3. The predicted molar refractivity (Wildman–Crippen MR) is 59.0 cm³/mol. The Morgan fingerprint density at radius 2 is 2.00 bits per heavy atom. The van der Waals surface area contributed by atoms with Crippen molar-refractivity contribution in [1.82, 2.24) is 0 Å². The van der Waals surface area contributed by atoms with E-state index in [1.807, 2.05) is 0 Å². The van der Waals surface area contributed by atoms with Crippen LogP contribution in [0, 0.1) is 10.1 Å². The zero-order valence-corrected chi connectivity index (χ0v) is 8.90. The van der Waals surface area contributed by atoms with Gasteiger partial charge >= 0.3 is 11.6 Å². The van der Waals surface area contributed by atoms with Crippen LogP contribution in [-0.2, 0) is 4.79 Å². The van der Waals surface area contributed by atoms with Crippen LogP contribution in [-0.4, -0.2) is 27.4 Å². The lowest BCUT2D eigenvalue weighted by molar-refractivity contribution is -0.578. The van der Waals surface area contributed by atoms with Crippen LogP contribution in [0.25, 0.3) is 0 Å². The molecule has 1 aliphatic rings. The highest BCUT2D eigenvalue weighted by atomic mass is 16.7. The van der Waals surface area contributed by atoms with Gasteiger partial charge in [0.2, 0.25) is 0 Å².